The highest BCUT2D eigenvalue weighted by molar-refractivity contribution is 5.90. The summed E-state index contributed by atoms with van der Waals surface area (Å²) in [5.74, 6) is 0.289. The molecular formula is C24H23N5O3. The first-order valence-corrected chi connectivity index (χ1v) is 10.3. The van der Waals surface area contributed by atoms with Gasteiger partial charge in [0.2, 0.25) is 5.91 Å². The Balaban J connectivity index is 1.59. The topological polar surface area (TPSA) is 98.9 Å². The third-order valence-electron chi connectivity index (χ3n) is 5.17. The molecule has 1 N–H and O–H groups in total. The van der Waals surface area contributed by atoms with Crippen molar-refractivity contribution in [1.29, 1.82) is 0 Å². The van der Waals surface area contributed by atoms with Gasteiger partial charge in [-0.05, 0) is 47.9 Å². The summed E-state index contributed by atoms with van der Waals surface area (Å²) in [6.07, 6.45) is 3.22. The van der Waals surface area contributed by atoms with Gasteiger partial charge in [-0.1, -0.05) is 32.0 Å². The maximum Gasteiger partial charge on any atom is 0.352 e. The molecule has 8 nitrogen and oxygen atoms in total. The van der Waals surface area contributed by atoms with Crippen LogP contribution in [-0.4, -0.2) is 25.0 Å². The van der Waals surface area contributed by atoms with Gasteiger partial charge >= 0.3 is 5.69 Å². The second-order valence-corrected chi connectivity index (χ2v) is 7.81. The molecule has 3 heterocycles. The molecule has 0 bridgehead atoms. The van der Waals surface area contributed by atoms with Gasteiger partial charge in [-0.2, -0.15) is 4.98 Å². The number of nitrogens with one attached hydrogen (secondary N) is 1. The monoisotopic (exact) mass is 429 g/mol. The molecule has 1 amide bonds. The van der Waals surface area contributed by atoms with E-state index >= 15 is 0 Å². The van der Waals surface area contributed by atoms with Gasteiger partial charge in [-0.25, -0.2) is 4.79 Å². The van der Waals surface area contributed by atoms with Crippen molar-refractivity contribution in [3.63, 3.8) is 0 Å². The predicted molar refractivity (Wildman–Crippen MR) is 122 cm³/mol. The van der Waals surface area contributed by atoms with Crippen LogP contribution in [-0.2, 0) is 17.9 Å². The van der Waals surface area contributed by atoms with Crippen LogP contribution in [0.15, 0.2) is 76.6 Å². The first kappa shape index (κ1) is 21.2. The zero-order chi connectivity index (χ0) is 22.7. The third kappa shape index (κ3) is 4.49. The minimum Gasteiger partial charge on any atom is -0.325 e. The molecule has 32 heavy (non-hydrogen) atoms. The maximum absolute atomic E-state index is 13.0. The quantitative estimate of drug-likeness (QED) is 0.508. The minimum atomic E-state index is -0.683. The maximum atomic E-state index is 13.0. The van der Waals surface area contributed by atoms with Crippen LogP contribution in [0, 0.1) is 0 Å². The van der Waals surface area contributed by atoms with Gasteiger partial charge in [0.05, 0.1) is 17.8 Å². The summed E-state index contributed by atoms with van der Waals surface area (Å²) in [6, 6.07) is 16.2. The molecule has 0 radical (unpaired) electrons. The van der Waals surface area contributed by atoms with E-state index in [2.05, 4.69) is 29.1 Å². The van der Waals surface area contributed by atoms with Crippen molar-refractivity contribution in [3.8, 4) is 11.4 Å². The van der Waals surface area contributed by atoms with E-state index in [-0.39, 0.29) is 30.4 Å². The number of nitrogens with zero attached hydrogens (tertiary/aromatic N) is 4. The van der Waals surface area contributed by atoms with Crippen molar-refractivity contribution < 1.29 is 4.79 Å². The first-order chi connectivity index (χ1) is 15.4. The number of carbonyl (C=O) groups is 1. The summed E-state index contributed by atoms with van der Waals surface area (Å²) >= 11 is 0. The van der Waals surface area contributed by atoms with Crippen LogP contribution in [0.5, 0.6) is 0 Å². The van der Waals surface area contributed by atoms with E-state index in [4.69, 9.17) is 0 Å². The summed E-state index contributed by atoms with van der Waals surface area (Å²) in [5, 5.41) is 2.84. The number of hydrogen-bond acceptors (Lipinski definition) is 5. The Bertz CT molecular complexity index is 1320. The molecule has 0 fully saturated rings. The number of carbonyl (C=O) groups excluding carboxylic acids is 1. The van der Waals surface area contributed by atoms with Crippen molar-refractivity contribution in [2.45, 2.75) is 32.9 Å². The SMILES string of the molecule is CC(C)c1ccc(NC(=O)Cn2cccc3c(=O)n(Cc4ccccn4)c(=O)nc2-3)cc1. The van der Waals surface area contributed by atoms with E-state index in [0.717, 1.165) is 4.57 Å². The molecule has 2 aromatic rings. The summed E-state index contributed by atoms with van der Waals surface area (Å²) in [6.45, 7) is 4.15. The zero-order valence-electron chi connectivity index (χ0n) is 17.9. The van der Waals surface area contributed by atoms with Crippen LogP contribution in [0.2, 0.25) is 0 Å². The Kier molecular flexibility index (Phi) is 5.93. The summed E-state index contributed by atoms with van der Waals surface area (Å²) in [5.41, 5.74) is 1.55. The molecule has 4 rings (SSSR count). The molecular weight excluding hydrogens is 406 g/mol. The summed E-state index contributed by atoms with van der Waals surface area (Å²) in [4.78, 5) is 46.4. The Labute approximate surface area is 184 Å². The normalized spacial score (nSPS) is 11.1. The van der Waals surface area contributed by atoms with E-state index in [1.807, 2.05) is 24.3 Å². The molecule has 0 unspecified atom stereocenters. The average Bonchev–Trinajstić information content (AvgIpc) is 2.78. The largest absolute Gasteiger partial charge is 0.352 e. The highest BCUT2D eigenvalue weighted by atomic mass is 16.2. The number of aromatic nitrogens is 4. The average molecular weight is 429 g/mol. The molecule has 1 aromatic heterocycles. The summed E-state index contributed by atoms with van der Waals surface area (Å²) in [7, 11) is 0. The van der Waals surface area contributed by atoms with E-state index in [9.17, 15) is 14.4 Å². The van der Waals surface area contributed by atoms with Crippen molar-refractivity contribution in [2.24, 2.45) is 0 Å². The smallest absolute Gasteiger partial charge is 0.325 e. The number of fused-ring (bicyclic) bond motifs is 1. The molecule has 1 aromatic carbocycles. The van der Waals surface area contributed by atoms with Crippen molar-refractivity contribution >= 4 is 11.6 Å². The third-order valence-corrected chi connectivity index (χ3v) is 5.17. The Morgan fingerprint density at radius 3 is 2.50 bits per heavy atom. The van der Waals surface area contributed by atoms with Crippen molar-refractivity contribution in [3.05, 3.63) is 99.1 Å². The second kappa shape index (κ2) is 8.97. The molecule has 0 aliphatic carbocycles. The molecule has 162 valence electrons. The predicted octanol–water partition coefficient (Wildman–Crippen LogP) is 2.72. The molecule has 2 aliphatic rings. The van der Waals surface area contributed by atoms with E-state index in [1.54, 1.807) is 42.7 Å². The number of anilines is 1. The van der Waals surface area contributed by atoms with Gasteiger partial charge in [0.1, 0.15) is 6.54 Å². The number of pyridine rings is 2. The van der Waals surface area contributed by atoms with E-state index in [0.29, 0.717) is 17.3 Å². The highest BCUT2D eigenvalue weighted by Crippen LogP contribution is 2.18. The van der Waals surface area contributed by atoms with Gasteiger partial charge in [0, 0.05) is 18.1 Å². The highest BCUT2D eigenvalue weighted by Gasteiger charge is 2.18. The van der Waals surface area contributed by atoms with Gasteiger partial charge in [-0.15, -0.1) is 0 Å². The van der Waals surface area contributed by atoms with Gasteiger partial charge in [-0.3, -0.25) is 19.1 Å². The fraction of sp³-hybridized carbons (Fsp3) is 0.208. The number of amides is 1. The standard InChI is InChI=1S/C24H23N5O3/c1-16(2)17-8-10-18(11-9-17)26-21(30)15-28-13-5-7-20-22(28)27-24(32)29(23(20)31)14-19-6-3-4-12-25-19/h3-13,16H,14-15H2,1-2H3,(H,26,30). The number of hydrogen-bond donors (Lipinski definition) is 1. The molecule has 8 heteroatoms. The summed E-state index contributed by atoms with van der Waals surface area (Å²) < 4.78 is 2.55. The van der Waals surface area contributed by atoms with E-state index < -0.39 is 11.2 Å². The van der Waals surface area contributed by atoms with E-state index in [1.165, 1.54) is 10.1 Å². The van der Waals surface area contributed by atoms with Crippen LogP contribution in [0.25, 0.3) is 11.4 Å². The molecule has 2 aliphatic heterocycles. The molecule has 0 atom stereocenters. The van der Waals surface area contributed by atoms with Gasteiger partial charge in [0.15, 0.2) is 5.82 Å². The molecule has 0 spiro atoms. The van der Waals surface area contributed by atoms with Crippen LogP contribution >= 0.6 is 0 Å². The Morgan fingerprint density at radius 2 is 1.81 bits per heavy atom. The number of benzene rings is 1. The lowest BCUT2D eigenvalue weighted by Crippen LogP contribution is -2.38. The Morgan fingerprint density at radius 1 is 1.03 bits per heavy atom. The van der Waals surface area contributed by atoms with Crippen LogP contribution in [0.1, 0.15) is 31.0 Å². The fourth-order valence-electron chi connectivity index (χ4n) is 3.44. The van der Waals surface area contributed by atoms with Crippen molar-refractivity contribution in [2.75, 3.05) is 5.32 Å². The zero-order valence-corrected chi connectivity index (χ0v) is 17.9. The van der Waals surface area contributed by atoms with Gasteiger partial charge in [0.25, 0.3) is 5.56 Å². The van der Waals surface area contributed by atoms with Crippen LogP contribution in [0.3, 0.4) is 0 Å². The second-order valence-electron chi connectivity index (χ2n) is 7.81. The lowest BCUT2D eigenvalue weighted by Gasteiger charge is -2.15. The number of rotatable bonds is 6. The van der Waals surface area contributed by atoms with Gasteiger partial charge < -0.3 is 9.88 Å². The first-order valence-electron chi connectivity index (χ1n) is 10.3. The van der Waals surface area contributed by atoms with Crippen molar-refractivity contribution in [1.82, 2.24) is 19.1 Å². The molecule has 0 saturated heterocycles. The molecule has 0 saturated carbocycles. The van der Waals surface area contributed by atoms with Crippen LogP contribution in [0.4, 0.5) is 5.69 Å². The minimum absolute atomic E-state index is 0.0310. The Hall–Kier alpha value is -4.07. The van der Waals surface area contributed by atoms with Crippen LogP contribution < -0.4 is 16.6 Å². The fourth-order valence-corrected chi connectivity index (χ4v) is 3.44. The lowest BCUT2D eigenvalue weighted by molar-refractivity contribution is -0.116. The lowest BCUT2D eigenvalue weighted by atomic mass is 10.0.